The van der Waals surface area contributed by atoms with Crippen LogP contribution in [0.2, 0.25) is 0 Å². The van der Waals surface area contributed by atoms with Crippen LogP contribution in [0.5, 0.6) is 0 Å². The molecular formula is C18H23N3O3. The largest absolute Gasteiger partial charge is 0.481 e. The van der Waals surface area contributed by atoms with Crippen molar-refractivity contribution in [1.29, 1.82) is 0 Å². The van der Waals surface area contributed by atoms with Gasteiger partial charge in [-0.1, -0.05) is 26.0 Å². The van der Waals surface area contributed by atoms with Gasteiger partial charge in [-0.15, -0.1) is 0 Å². The molecule has 2 aromatic rings. The predicted octanol–water partition coefficient (Wildman–Crippen LogP) is 2.94. The summed E-state index contributed by atoms with van der Waals surface area (Å²) in [6.07, 6.45) is 3.70. The maximum absolute atomic E-state index is 12.2. The second-order valence-electron chi connectivity index (χ2n) is 6.75. The van der Waals surface area contributed by atoms with E-state index in [9.17, 15) is 9.59 Å². The highest BCUT2D eigenvalue weighted by Gasteiger charge is 2.25. The van der Waals surface area contributed by atoms with Crippen molar-refractivity contribution in [3.05, 3.63) is 48.3 Å². The number of carbonyl (C=O) groups excluding carboxylic acids is 1. The molecule has 1 heterocycles. The van der Waals surface area contributed by atoms with Crippen LogP contribution in [-0.4, -0.2) is 26.8 Å². The van der Waals surface area contributed by atoms with Crippen molar-refractivity contribution in [1.82, 2.24) is 15.1 Å². The van der Waals surface area contributed by atoms with E-state index in [-0.39, 0.29) is 24.8 Å². The van der Waals surface area contributed by atoms with Crippen LogP contribution in [0.1, 0.15) is 45.2 Å². The Hall–Kier alpha value is -2.63. The number of rotatable bonds is 7. The van der Waals surface area contributed by atoms with E-state index in [1.807, 2.05) is 43.5 Å². The fraction of sp³-hybridized carbons (Fsp3) is 0.389. The molecule has 0 aliphatic heterocycles. The summed E-state index contributed by atoms with van der Waals surface area (Å²) < 4.78 is 1.76. The molecule has 0 bridgehead atoms. The SMILES string of the molecule is CC(NC(=O)CC(C)(C)CC(=O)O)c1cccc(-n2cccn2)c1. The Kier molecular flexibility index (Phi) is 5.39. The summed E-state index contributed by atoms with van der Waals surface area (Å²) in [5.41, 5.74) is 1.31. The van der Waals surface area contributed by atoms with Crippen LogP contribution in [-0.2, 0) is 9.59 Å². The van der Waals surface area contributed by atoms with E-state index < -0.39 is 11.4 Å². The van der Waals surface area contributed by atoms with Gasteiger partial charge in [-0.2, -0.15) is 5.10 Å². The van der Waals surface area contributed by atoms with Crippen molar-refractivity contribution in [2.75, 3.05) is 0 Å². The Morgan fingerprint density at radius 3 is 2.67 bits per heavy atom. The standard InChI is InChI=1S/C18H23N3O3/c1-13(20-16(22)11-18(2,3)12-17(23)24)14-6-4-7-15(10-14)21-9-5-8-19-21/h4-10,13H,11-12H2,1-3H3,(H,20,22)(H,23,24). The molecule has 0 aliphatic rings. The Labute approximate surface area is 141 Å². The van der Waals surface area contributed by atoms with E-state index in [0.717, 1.165) is 11.3 Å². The maximum atomic E-state index is 12.2. The lowest BCUT2D eigenvalue weighted by Gasteiger charge is -2.23. The number of carboxylic acid groups (broad SMARTS) is 1. The van der Waals surface area contributed by atoms with Crippen molar-refractivity contribution in [3.8, 4) is 5.69 Å². The molecule has 6 nitrogen and oxygen atoms in total. The minimum Gasteiger partial charge on any atom is -0.481 e. The van der Waals surface area contributed by atoms with Gasteiger partial charge in [0.1, 0.15) is 0 Å². The molecule has 0 saturated heterocycles. The molecule has 24 heavy (non-hydrogen) atoms. The van der Waals surface area contributed by atoms with Gasteiger partial charge in [-0.05, 0) is 36.1 Å². The van der Waals surface area contributed by atoms with Crippen LogP contribution in [0.15, 0.2) is 42.7 Å². The molecule has 1 unspecified atom stereocenters. The Morgan fingerprint density at radius 2 is 2.04 bits per heavy atom. The third kappa shape index (κ3) is 4.94. The Balaban J connectivity index is 2.02. The van der Waals surface area contributed by atoms with Crippen molar-refractivity contribution >= 4 is 11.9 Å². The van der Waals surface area contributed by atoms with Gasteiger partial charge in [-0.3, -0.25) is 9.59 Å². The van der Waals surface area contributed by atoms with Crippen LogP contribution in [0.3, 0.4) is 0 Å². The average Bonchev–Trinajstić information content (AvgIpc) is 2.99. The lowest BCUT2D eigenvalue weighted by molar-refractivity contribution is -0.139. The van der Waals surface area contributed by atoms with E-state index in [2.05, 4.69) is 10.4 Å². The number of nitrogens with zero attached hydrogens (tertiary/aromatic N) is 2. The van der Waals surface area contributed by atoms with Gasteiger partial charge < -0.3 is 10.4 Å². The first-order valence-corrected chi connectivity index (χ1v) is 7.88. The number of aliphatic carboxylic acids is 1. The second kappa shape index (κ2) is 7.29. The van der Waals surface area contributed by atoms with Gasteiger partial charge in [-0.25, -0.2) is 4.68 Å². The van der Waals surface area contributed by atoms with Gasteiger partial charge >= 0.3 is 5.97 Å². The smallest absolute Gasteiger partial charge is 0.303 e. The minimum absolute atomic E-state index is 0.0381. The third-order valence-electron chi connectivity index (χ3n) is 3.79. The molecule has 1 atom stereocenters. The van der Waals surface area contributed by atoms with Gasteiger partial charge in [0.2, 0.25) is 5.91 Å². The van der Waals surface area contributed by atoms with E-state index in [1.54, 1.807) is 24.7 Å². The highest BCUT2D eigenvalue weighted by Crippen LogP contribution is 2.25. The van der Waals surface area contributed by atoms with Gasteiger partial charge in [0.15, 0.2) is 0 Å². The van der Waals surface area contributed by atoms with Gasteiger partial charge in [0.25, 0.3) is 0 Å². The summed E-state index contributed by atoms with van der Waals surface area (Å²) in [6, 6.07) is 9.46. The average molecular weight is 329 g/mol. The fourth-order valence-corrected chi connectivity index (χ4v) is 2.64. The van der Waals surface area contributed by atoms with Crippen LogP contribution in [0.4, 0.5) is 0 Å². The highest BCUT2D eigenvalue weighted by molar-refractivity contribution is 5.78. The predicted molar refractivity (Wildman–Crippen MR) is 90.8 cm³/mol. The molecule has 1 aromatic carbocycles. The number of carbonyl (C=O) groups is 2. The van der Waals surface area contributed by atoms with Crippen molar-refractivity contribution in [2.24, 2.45) is 5.41 Å². The third-order valence-corrected chi connectivity index (χ3v) is 3.79. The molecule has 0 aliphatic carbocycles. The lowest BCUT2D eigenvalue weighted by Crippen LogP contribution is -2.32. The Bertz CT molecular complexity index is 708. The zero-order chi connectivity index (χ0) is 17.7. The summed E-state index contributed by atoms with van der Waals surface area (Å²) in [5.74, 6) is -1.05. The molecule has 1 amide bonds. The van der Waals surface area contributed by atoms with Gasteiger partial charge in [0, 0.05) is 18.8 Å². The summed E-state index contributed by atoms with van der Waals surface area (Å²) in [7, 11) is 0. The topological polar surface area (TPSA) is 84.2 Å². The monoisotopic (exact) mass is 329 g/mol. The molecule has 128 valence electrons. The molecule has 2 rings (SSSR count). The zero-order valence-corrected chi connectivity index (χ0v) is 14.2. The zero-order valence-electron chi connectivity index (χ0n) is 14.2. The van der Waals surface area contributed by atoms with Gasteiger partial charge in [0.05, 0.1) is 18.2 Å². The summed E-state index contributed by atoms with van der Waals surface area (Å²) in [4.78, 5) is 23.1. The molecular weight excluding hydrogens is 306 g/mol. The molecule has 0 spiro atoms. The fourth-order valence-electron chi connectivity index (χ4n) is 2.64. The van der Waals surface area contributed by atoms with E-state index >= 15 is 0 Å². The van der Waals surface area contributed by atoms with Crippen molar-refractivity contribution in [2.45, 2.75) is 39.7 Å². The normalized spacial score (nSPS) is 12.6. The van der Waals surface area contributed by atoms with Crippen molar-refractivity contribution in [3.63, 3.8) is 0 Å². The molecule has 1 aromatic heterocycles. The summed E-state index contributed by atoms with van der Waals surface area (Å²) in [6.45, 7) is 5.47. The van der Waals surface area contributed by atoms with Crippen LogP contribution < -0.4 is 5.32 Å². The van der Waals surface area contributed by atoms with Crippen LogP contribution in [0, 0.1) is 5.41 Å². The number of hydrogen-bond acceptors (Lipinski definition) is 3. The Morgan fingerprint density at radius 1 is 1.29 bits per heavy atom. The first kappa shape index (κ1) is 17.7. The van der Waals surface area contributed by atoms with Crippen LogP contribution >= 0.6 is 0 Å². The summed E-state index contributed by atoms with van der Waals surface area (Å²) in [5, 5.41) is 16.0. The molecule has 6 heteroatoms. The molecule has 0 saturated carbocycles. The molecule has 2 N–H and O–H groups in total. The van der Waals surface area contributed by atoms with E-state index in [4.69, 9.17) is 5.11 Å². The maximum Gasteiger partial charge on any atom is 0.303 e. The lowest BCUT2D eigenvalue weighted by atomic mass is 9.85. The summed E-state index contributed by atoms with van der Waals surface area (Å²) >= 11 is 0. The van der Waals surface area contributed by atoms with E-state index in [1.165, 1.54) is 0 Å². The number of hydrogen-bond donors (Lipinski definition) is 2. The number of amides is 1. The second-order valence-corrected chi connectivity index (χ2v) is 6.75. The number of carboxylic acids is 1. The highest BCUT2D eigenvalue weighted by atomic mass is 16.4. The number of aromatic nitrogens is 2. The van der Waals surface area contributed by atoms with E-state index in [0.29, 0.717) is 0 Å². The number of nitrogens with one attached hydrogen (secondary N) is 1. The quantitative estimate of drug-likeness (QED) is 0.818. The molecule has 0 fully saturated rings. The first-order chi connectivity index (χ1) is 11.3. The first-order valence-electron chi connectivity index (χ1n) is 7.88. The van der Waals surface area contributed by atoms with Crippen molar-refractivity contribution < 1.29 is 14.7 Å². The number of benzene rings is 1. The minimum atomic E-state index is -0.896. The molecule has 0 radical (unpaired) electrons. The van der Waals surface area contributed by atoms with Crippen LogP contribution in [0.25, 0.3) is 5.69 Å².